The van der Waals surface area contributed by atoms with Crippen LogP contribution in [-0.2, 0) is 0 Å². The van der Waals surface area contributed by atoms with Crippen LogP contribution < -0.4 is 5.32 Å². The lowest BCUT2D eigenvalue weighted by Crippen LogP contribution is -2.52. The van der Waals surface area contributed by atoms with Crippen molar-refractivity contribution in [3.8, 4) is 0 Å². The van der Waals surface area contributed by atoms with Crippen molar-refractivity contribution in [2.75, 3.05) is 0 Å². The summed E-state index contributed by atoms with van der Waals surface area (Å²) in [6.45, 7) is 6.80. The largest absolute Gasteiger partial charge is 0.390 e. The van der Waals surface area contributed by atoms with Crippen LogP contribution in [0.15, 0.2) is 24.4 Å². The summed E-state index contributed by atoms with van der Waals surface area (Å²) in [7, 11) is 0. The highest BCUT2D eigenvalue weighted by molar-refractivity contribution is 5.92. The monoisotopic (exact) mass is 424 g/mol. The van der Waals surface area contributed by atoms with Crippen LogP contribution in [0.3, 0.4) is 0 Å². The summed E-state index contributed by atoms with van der Waals surface area (Å²) < 4.78 is 0. The fourth-order valence-electron chi connectivity index (χ4n) is 8.82. The molecule has 4 heteroatoms. The molecule has 0 radical (unpaired) electrons. The smallest absolute Gasteiger partial charge is 0.270 e. The van der Waals surface area contributed by atoms with Crippen molar-refractivity contribution >= 4 is 5.91 Å². The van der Waals surface area contributed by atoms with Crippen LogP contribution in [0, 0.1) is 40.9 Å². The number of aromatic nitrogens is 1. The third-order valence-electron chi connectivity index (χ3n) is 10.2. The molecule has 2 N–H and O–H groups in total. The first-order valence-electron chi connectivity index (χ1n) is 12.7. The maximum atomic E-state index is 12.7. The van der Waals surface area contributed by atoms with Gasteiger partial charge in [-0.25, -0.2) is 0 Å². The van der Waals surface area contributed by atoms with Gasteiger partial charge in [0.05, 0.1) is 5.60 Å². The van der Waals surface area contributed by atoms with Crippen molar-refractivity contribution in [2.24, 2.45) is 40.9 Å². The summed E-state index contributed by atoms with van der Waals surface area (Å²) in [4.78, 5) is 16.9. The van der Waals surface area contributed by atoms with Gasteiger partial charge in [-0.2, -0.15) is 0 Å². The predicted octanol–water partition coefficient (Wildman–Crippen LogP) is 5.22. The van der Waals surface area contributed by atoms with E-state index in [1.807, 2.05) is 12.1 Å². The minimum atomic E-state index is -0.434. The van der Waals surface area contributed by atoms with Gasteiger partial charge in [0, 0.05) is 12.2 Å². The molecule has 4 saturated carbocycles. The van der Waals surface area contributed by atoms with Gasteiger partial charge < -0.3 is 10.4 Å². The lowest BCUT2D eigenvalue weighted by Gasteiger charge is -2.57. The highest BCUT2D eigenvalue weighted by atomic mass is 16.3. The molecule has 5 rings (SSSR count). The van der Waals surface area contributed by atoms with Crippen molar-refractivity contribution < 1.29 is 9.90 Å². The number of fused-ring (bicyclic) bond motifs is 5. The number of carbonyl (C=O) groups is 1. The van der Waals surface area contributed by atoms with Gasteiger partial charge in [0.15, 0.2) is 0 Å². The minimum Gasteiger partial charge on any atom is -0.390 e. The molecule has 0 aliphatic heterocycles. The first-order chi connectivity index (χ1) is 14.8. The number of hydrogen-bond acceptors (Lipinski definition) is 3. The van der Waals surface area contributed by atoms with E-state index in [4.69, 9.17) is 0 Å². The Balaban J connectivity index is 1.28. The first kappa shape index (κ1) is 21.4. The van der Waals surface area contributed by atoms with Gasteiger partial charge in [0.2, 0.25) is 0 Å². The van der Waals surface area contributed by atoms with Crippen LogP contribution in [0.4, 0.5) is 0 Å². The number of rotatable bonds is 3. The summed E-state index contributed by atoms with van der Waals surface area (Å²) in [6, 6.07) is 5.71. The van der Waals surface area contributed by atoms with Gasteiger partial charge in [-0.1, -0.05) is 13.0 Å². The molecular formula is C27H40N2O2. The van der Waals surface area contributed by atoms with E-state index in [1.54, 1.807) is 12.3 Å². The Morgan fingerprint density at radius 3 is 2.65 bits per heavy atom. The summed E-state index contributed by atoms with van der Waals surface area (Å²) in [6.07, 6.45) is 12.8. The SMILES string of the molecule is C[C@H](NC(=O)c1ccccn1)C1CC[C@H]2[C@@H]3CC[C@@H]4C[C@](C)(O)CC[C@@H]4[C@H]3CC[C@]12C. The number of pyridine rings is 1. The van der Waals surface area contributed by atoms with E-state index in [0.717, 1.165) is 42.4 Å². The minimum absolute atomic E-state index is 0.0383. The second kappa shape index (κ2) is 7.86. The summed E-state index contributed by atoms with van der Waals surface area (Å²) in [5.41, 5.74) is 0.422. The maximum absolute atomic E-state index is 12.7. The number of nitrogens with one attached hydrogen (secondary N) is 1. The second-order valence-corrected chi connectivity index (χ2v) is 11.9. The number of amides is 1. The van der Waals surface area contributed by atoms with Gasteiger partial charge in [-0.05, 0) is 125 Å². The lowest BCUT2D eigenvalue weighted by atomic mass is 9.49. The summed E-state index contributed by atoms with van der Waals surface area (Å²) >= 11 is 0. The van der Waals surface area contributed by atoms with Crippen LogP contribution >= 0.6 is 0 Å². The van der Waals surface area contributed by atoms with Crippen LogP contribution in [0.5, 0.6) is 0 Å². The molecule has 170 valence electrons. The van der Waals surface area contributed by atoms with Crippen LogP contribution in [-0.4, -0.2) is 27.6 Å². The lowest BCUT2D eigenvalue weighted by molar-refractivity contribution is -0.101. The Kier molecular flexibility index (Phi) is 5.44. The van der Waals surface area contributed by atoms with Gasteiger partial charge in [0.25, 0.3) is 5.91 Å². The first-order valence-corrected chi connectivity index (χ1v) is 12.7. The molecule has 1 heterocycles. The van der Waals surface area contributed by atoms with Crippen molar-refractivity contribution in [3.05, 3.63) is 30.1 Å². The van der Waals surface area contributed by atoms with Gasteiger partial charge in [-0.3, -0.25) is 9.78 Å². The van der Waals surface area contributed by atoms with E-state index in [1.165, 1.54) is 44.9 Å². The van der Waals surface area contributed by atoms with E-state index in [-0.39, 0.29) is 11.9 Å². The molecule has 4 nitrogen and oxygen atoms in total. The van der Waals surface area contributed by atoms with Gasteiger partial charge in [-0.15, -0.1) is 0 Å². The Hall–Kier alpha value is -1.42. The van der Waals surface area contributed by atoms with E-state index in [0.29, 0.717) is 17.0 Å². The van der Waals surface area contributed by atoms with Crippen LogP contribution in [0.25, 0.3) is 0 Å². The van der Waals surface area contributed by atoms with E-state index in [2.05, 4.69) is 31.1 Å². The van der Waals surface area contributed by atoms with Crippen molar-refractivity contribution in [3.63, 3.8) is 0 Å². The summed E-state index contributed by atoms with van der Waals surface area (Å²) in [5.74, 6) is 4.61. The summed E-state index contributed by atoms with van der Waals surface area (Å²) in [5, 5.41) is 13.9. The molecule has 1 aromatic heterocycles. The highest BCUT2D eigenvalue weighted by Crippen LogP contribution is 2.65. The molecular weight excluding hydrogens is 384 g/mol. The number of nitrogens with zero attached hydrogens (tertiary/aromatic N) is 1. The highest BCUT2D eigenvalue weighted by Gasteiger charge is 2.58. The molecule has 4 fully saturated rings. The quantitative estimate of drug-likeness (QED) is 0.699. The number of aliphatic hydroxyl groups is 1. The fourth-order valence-corrected chi connectivity index (χ4v) is 8.82. The average Bonchev–Trinajstić information content (AvgIpc) is 3.10. The molecule has 1 amide bonds. The van der Waals surface area contributed by atoms with E-state index in [9.17, 15) is 9.90 Å². The maximum Gasteiger partial charge on any atom is 0.270 e. The molecule has 4 aliphatic carbocycles. The Morgan fingerprint density at radius 2 is 1.87 bits per heavy atom. The van der Waals surface area contributed by atoms with E-state index < -0.39 is 5.60 Å². The Morgan fingerprint density at radius 1 is 1.06 bits per heavy atom. The standard InChI is InChI=1S/C27H40N2O2/c1-17(29-25(30)24-6-4-5-15-28-24)22-9-10-23-21-8-7-18-16-26(2,31)13-11-19(18)20(21)12-14-27(22,23)3/h4-6,15,17-23,31H,7-14,16H2,1-3H3,(H,29,30)/t17-,18+,19-,20+,21+,22?,23-,26+,27+/m0/s1. The number of hydrogen-bond donors (Lipinski definition) is 2. The Labute approximate surface area is 187 Å². The molecule has 1 unspecified atom stereocenters. The van der Waals surface area contributed by atoms with Crippen molar-refractivity contribution in [1.29, 1.82) is 0 Å². The zero-order valence-corrected chi connectivity index (χ0v) is 19.5. The van der Waals surface area contributed by atoms with E-state index >= 15 is 0 Å². The van der Waals surface area contributed by atoms with Gasteiger partial charge in [0.1, 0.15) is 5.69 Å². The van der Waals surface area contributed by atoms with Crippen molar-refractivity contribution in [1.82, 2.24) is 10.3 Å². The number of carbonyl (C=O) groups excluding carboxylic acids is 1. The van der Waals surface area contributed by atoms with Crippen LogP contribution in [0.2, 0.25) is 0 Å². The molecule has 9 atom stereocenters. The predicted molar refractivity (Wildman–Crippen MR) is 122 cm³/mol. The topological polar surface area (TPSA) is 62.2 Å². The molecule has 0 bridgehead atoms. The van der Waals surface area contributed by atoms with Crippen molar-refractivity contribution in [2.45, 2.75) is 90.2 Å². The van der Waals surface area contributed by atoms with Crippen LogP contribution in [0.1, 0.15) is 89.0 Å². The fraction of sp³-hybridized carbons (Fsp3) is 0.778. The zero-order valence-electron chi connectivity index (χ0n) is 19.5. The Bertz CT molecular complexity index is 809. The molecule has 31 heavy (non-hydrogen) atoms. The second-order valence-electron chi connectivity index (χ2n) is 11.9. The molecule has 0 saturated heterocycles. The van der Waals surface area contributed by atoms with Gasteiger partial charge >= 0.3 is 0 Å². The third-order valence-corrected chi connectivity index (χ3v) is 10.2. The molecule has 1 aromatic rings. The molecule has 0 aromatic carbocycles. The average molecular weight is 425 g/mol. The zero-order chi connectivity index (χ0) is 21.8. The molecule has 0 spiro atoms. The normalized spacial score (nSPS) is 45.2. The third kappa shape index (κ3) is 3.73. The molecule has 4 aliphatic rings.